The monoisotopic (exact) mass is 367 g/mol. The lowest BCUT2D eigenvalue weighted by atomic mass is 9.75. The van der Waals surface area contributed by atoms with Gasteiger partial charge in [0, 0.05) is 6.42 Å². The van der Waals surface area contributed by atoms with Gasteiger partial charge < -0.3 is 19.9 Å². The molecule has 4 rings (SSSR count). The molecule has 2 N–H and O–H groups in total. The second kappa shape index (κ2) is 7.61. The highest BCUT2D eigenvalue weighted by Gasteiger charge is 2.36. The Labute approximate surface area is 159 Å². The molecule has 1 aliphatic carbocycles. The maximum Gasteiger partial charge on any atom is 0.258 e. The molecule has 0 aromatic heterocycles. The van der Waals surface area contributed by atoms with Gasteiger partial charge >= 0.3 is 0 Å². The Kier molecular flexibility index (Phi) is 5.03. The number of nitrogens with one attached hydrogen (secondary N) is 1. The van der Waals surface area contributed by atoms with Gasteiger partial charge in [0.05, 0.1) is 18.8 Å². The summed E-state index contributed by atoms with van der Waals surface area (Å²) in [5.41, 5.74) is 3.26. The summed E-state index contributed by atoms with van der Waals surface area (Å²) in [5.74, 6) is 1.74. The molecule has 1 aliphatic heterocycles. The van der Waals surface area contributed by atoms with Crippen LogP contribution in [-0.2, 0) is 11.2 Å². The average molecular weight is 367 g/mol. The summed E-state index contributed by atoms with van der Waals surface area (Å²) in [4.78, 5) is 12.5. The summed E-state index contributed by atoms with van der Waals surface area (Å²) in [6, 6.07) is 13.7. The Morgan fingerprint density at radius 2 is 2.11 bits per heavy atom. The summed E-state index contributed by atoms with van der Waals surface area (Å²) in [6.45, 7) is 2.64. The molecule has 0 saturated heterocycles. The summed E-state index contributed by atoms with van der Waals surface area (Å²) in [6.07, 6.45) is 2.04. The minimum atomic E-state index is -0.268. The number of rotatable bonds is 6. The Morgan fingerprint density at radius 3 is 2.89 bits per heavy atom. The van der Waals surface area contributed by atoms with E-state index < -0.39 is 0 Å². The van der Waals surface area contributed by atoms with Crippen molar-refractivity contribution in [3.8, 4) is 11.5 Å². The average Bonchev–Trinajstić information content (AvgIpc) is 3.11. The van der Waals surface area contributed by atoms with Gasteiger partial charge in [0.25, 0.3) is 5.91 Å². The number of para-hydroxylation sites is 1. The lowest BCUT2D eigenvalue weighted by Crippen LogP contribution is -2.42. The summed E-state index contributed by atoms with van der Waals surface area (Å²) < 4.78 is 11.3. The third-order valence-corrected chi connectivity index (χ3v) is 5.46. The van der Waals surface area contributed by atoms with Gasteiger partial charge in [0.2, 0.25) is 0 Å². The normalized spacial score (nSPS) is 21.6. The van der Waals surface area contributed by atoms with Crippen molar-refractivity contribution in [2.75, 3.05) is 13.2 Å². The van der Waals surface area contributed by atoms with Crippen LogP contribution in [0.5, 0.6) is 11.5 Å². The predicted molar refractivity (Wildman–Crippen MR) is 102 cm³/mol. The maximum absolute atomic E-state index is 12.5. The molecule has 0 bridgehead atoms. The van der Waals surface area contributed by atoms with Crippen LogP contribution in [0.15, 0.2) is 42.5 Å². The number of carbonyl (C=O) groups excluding carboxylic acids is 1. The second-order valence-electron chi connectivity index (χ2n) is 7.45. The highest BCUT2D eigenvalue weighted by atomic mass is 16.5. The van der Waals surface area contributed by atoms with Gasteiger partial charge in [-0.05, 0) is 60.6 Å². The van der Waals surface area contributed by atoms with E-state index in [2.05, 4.69) is 11.4 Å². The molecule has 2 aromatic rings. The first kappa shape index (κ1) is 17.9. The molecule has 1 heterocycles. The number of carbonyl (C=O) groups is 1. The number of aryl methyl sites for hydroxylation is 1. The highest BCUT2D eigenvalue weighted by Crippen LogP contribution is 2.39. The molecule has 5 nitrogen and oxygen atoms in total. The van der Waals surface area contributed by atoms with Crippen LogP contribution in [-0.4, -0.2) is 30.3 Å². The quantitative estimate of drug-likeness (QED) is 0.824. The van der Waals surface area contributed by atoms with Crippen molar-refractivity contribution in [3.05, 3.63) is 59.2 Å². The Hall–Kier alpha value is -2.53. The Morgan fingerprint density at radius 1 is 1.30 bits per heavy atom. The lowest BCUT2D eigenvalue weighted by Gasteiger charge is -2.38. The van der Waals surface area contributed by atoms with Crippen LogP contribution in [0, 0.1) is 12.8 Å². The zero-order chi connectivity index (χ0) is 18.8. The van der Waals surface area contributed by atoms with E-state index >= 15 is 0 Å². The molecule has 0 radical (unpaired) electrons. The molecule has 27 heavy (non-hydrogen) atoms. The minimum Gasteiger partial charge on any atom is -0.493 e. The second-order valence-corrected chi connectivity index (χ2v) is 7.45. The summed E-state index contributed by atoms with van der Waals surface area (Å²) >= 11 is 0. The zero-order valence-electron chi connectivity index (χ0n) is 15.5. The fourth-order valence-electron chi connectivity index (χ4n) is 3.85. The van der Waals surface area contributed by atoms with Gasteiger partial charge in [0.1, 0.15) is 11.5 Å². The van der Waals surface area contributed by atoms with Gasteiger partial charge in [-0.25, -0.2) is 0 Å². The standard InChI is InChI=1S/C22H25NO4/c1-14-4-2-3-5-19(14)27-13-21(25)23-22(17-11-18(24)12-17)16-6-7-20-15(10-16)8-9-26-20/h2-7,10,17-18,22,24H,8-9,11-13H2,1H3,(H,23,25)/t17?,18?,22-/m0/s1. The number of hydrogen-bond donors (Lipinski definition) is 2. The SMILES string of the molecule is Cc1ccccc1OCC(=O)N[C@@H](c1ccc2c(c1)CCO2)C1CC(O)C1. The number of benzene rings is 2. The molecular weight excluding hydrogens is 342 g/mol. The number of aliphatic hydroxyl groups is 1. The van der Waals surface area contributed by atoms with E-state index in [4.69, 9.17) is 9.47 Å². The first-order valence-electron chi connectivity index (χ1n) is 9.51. The van der Waals surface area contributed by atoms with E-state index in [9.17, 15) is 9.90 Å². The van der Waals surface area contributed by atoms with E-state index in [1.165, 1.54) is 5.56 Å². The van der Waals surface area contributed by atoms with Crippen molar-refractivity contribution in [2.45, 2.75) is 38.3 Å². The molecule has 0 unspecified atom stereocenters. The fraction of sp³-hybridized carbons (Fsp3) is 0.409. The van der Waals surface area contributed by atoms with Gasteiger partial charge in [-0.1, -0.05) is 24.3 Å². The van der Waals surface area contributed by atoms with Crippen molar-refractivity contribution in [1.29, 1.82) is 0 Å². The van der Waals surface area contributed by atoms with Crippen molar-refractivity contribution in [1.82, 2.24) is 5.32 Å². The molecular formula is C22H25NO4. The largest absolute Gasteiger partial charge is 0.493 e. The van der Waals surface area contributed by atoms with Gasteiger partial charge in [-0.3, -0.25) is 4.79 Å². The number of hydrogen-bond acceptors (Lipinski definition) is 4. The van der Waals surface area contributed by atoms with Crippen molar-refractivity contribution in [2.24, 2.45) is 5.92 Å². The molecule has 0 spiro atoms. The predicted octanol–water partition coefficient (Wildman–Crippen LogP) is 2.94. The molecule has 2 aromatic carbocycles. The molecule has 1 atom stereocenters. The maximum atomic E-state index is 12.5. The summed E-state index contributed by atoms with van der Waals surface area (Å²) in [7, 11) is 0. The van der Waals surface area contributed by atoms with Crippen molar-refractivity contribution < 1.29 is 19.4 Å². The number of amides is 1. The van der Waals surface area contributed by atoms with Gasteiger partial charge in [0.15, 0.2) is 6.61 Å². The number of fused-ring (bicyclic) bond motifs is 1. The van der Waals surface area contributed by atoms with Crippen LogP contribution in [0.2, 0.25) is 0 Å². The van der Waals surface area contributed by atoms with Crippen LogP contribution in [0.1, 0.15) is 35.6 Å². The third kappa shape index (κ3) is 3.93. The number of aliphatic hydroxyl groups excluding tert-OH is 1. The van der Waals surface area contributed by atoms with Gasteiger partial charge in [-0.2, -0.15) is 0 Å². The highest BCUT2D eigenvalue weighted by molar-refractivity contribution is 5.78. The van der Waals surface area contributed by atoms with Crippen LogP contribution in [0.25, 0.3) is 0 Å². The first-order chi connectivity index (χ1) is 13.1. The van der Waals surface area contributed by atoms with E-state index in [-0.39, 0.29) is 30.6 Å². The Balaban J connectivity index is 1.45. The molecule has 142 valence electrons. The van der Waals surface area contributed by atoms with E-state index in [1.54, 1.807) is 0 Å². The van der Waals surface area contributed by atoms with Crippen molar-refractivity contribution in [3.63, 3.8) is 0 Å². The lowest BCUT2D eigenvalue weighted by molar-refractivity contribution is -0.125. The van der Waals surface area contributed by atoms with E-state index in [0.717, 1.165) is 29.0 Å². The zero-order valence-corrected chi connectivity index (χ0v) is 15.5. The summed E-state index contributed by atoms with van der Waals surface area (Å²) in [5, 5.41) is 12.8. The first-order valence-corrected chi connectivity index (χ1v) is 9.51. The fourth-order valence-corrected chi connectivity index (χ4v) is 3.85. The smallest absolute Gasteiger partial charge is 0.258 e. The molecule has 1 saturated carbocycles. The molecule has 1 fully saturated rings. The van der Waals surface area contributed by atoms with Crippen LogP contribution >= 0.6 is 0 Å². The van der Waals surface area contributed by atoms with Gasteiger partial charge in [-0.15, -0.1) is 0 Å². The van der Waals surface area contributed by atoms with Crippen LogP contribution in [0.4, 0.5) is 0 Å². The molecule has 5 heteroatoms. The third-order valence-electron chi connectivity index (χ3n) is 5.46. The topological polar surface area (TPSA) is 67.8 Å². The minimum absolute atomic E-state index is 0.0231. The van der Waals surface area contributed by atoms with E-state index in [1.807, 2.05) is 43.3 Å². The Bertz CT molecular complexity index is 829. The van der Waals surface area contributed by atoms with E-state index in [0.29, 0.717) is 19.4 Å². The molecule has 2 aliphatic rings. The van der Waals surface area contributed by atoms with Crippen LogP contribution < -0.4 is 14.8 Å². The van der Waals surface area contributed by atoms with Crippen LogP contribution in [0.3, 0.4) is 0 Å². The number of ether oxygens (including phenoxy) is 2. The molecule has 1 amide bonds. The van der Waals surface area contributed by atoms with Crippen molar-refractivity contribution >= 4 is 5.91 Å².